The zero-order valence-corrected chi connectivity index (χ0v) is 10.9. The molecule has 0 aliphatic rings. The van der Waals surface area contributed by atoms with Crippen molar-refractivity contribution in [3.63, 3.8) is 0 Å². The second-order valence-corrected chi connectivity index (χ2v) is 5.54. The number of hydrogen-bond donors (Lipinski definition) is 2. The topological polar surface area (TPSA) is 32.3 Å². The zero-order valence-electron chi connectivity index (χ0n) is 10.1. The molecule has 17 heavy (non-hydrogen) atoms. The van der Waals surface area contributed by atoms with Gasteiger partial charge in [-0.15, -0.1) is 11.3 Å². The summed E-state index contributed by atoms with van der Waals surface area (Å²) in [6, 6.07) is 12.0. The average molecular weight is 247 g/mol. The Morgan fingerprint density at radius 1 is 1.18 bits per heavy atom. The summed E-state index contributed by atoms with van der Waals surface area (Å²) in [5, 5.41) is 12.7. The lowest BCUT2D eigenvalue weighted by Gasteiger charge is -2.12. The van der Waals surface area contributed by atoms with Crippen LogP contribution in [0.2, 0.25) is 0 Å². The van der Waals surface area contributed by atoms with E-state index in [0.29, 0.717) is 11.8 Å². The van der Waals surface area contributed by atoms with Gasteiger partial charge in [-0.1, -0.05) is 12.1 Å². The Kier molecular flexibility index (Phi) is 3.82. The molecule has 2 aromatic rings. The summed E-state index contributed by atoms with van der Waals surface area (Å²) >= 11 is 1.83. The molecule has 0 saturated heterocycles. The molecule has 2 nitrogen and oxygen atoms in total. The average Bonchev–Trinajstić information content (AvgIpc) is 2.75. The standard InChI is InChI=1S/C14H17NOS/c1-10-3-8-14(17-10)11(2)15-9-12-4-6-13(16)7-5-12/h3-8,11,15-16H,9H2,1-2H3. The van der Waals surface area contributed by atoms with Crippen LogP contribution in [0.1, 0.15) is 28.3 Å². The molecule has 0 bridgehead atoms. The van der Waals surface area contributed by atoms with Gasteiger partial charge in [0, 0.05) is 22.3 Å². The van der Waals surface area contributed by atoms with E-state index in [0.717, 1.165) is 6.54 Å². The molecular weight excluding hydrogens is 230 g/mol. The highest BCUT2D eigenvalue weighted by atomic mass is 32.1. The van der Waals surface area contributed by atoms with Crippen LogP contribution < -0.4 is 5.32 Å². The van der Waals surface area contributed by atoms with Crippen LogP contribution >= 0.6 is 11.3 Å². The lowest BCUT2D eigenvalue weighted by molar-refractivity contribution is 0.475. The third-order valence-corrected chi connectivity index (χ3v) is 3.92. The van der Waals surface area contributed by atoms with E-state index in [9.17, 15) is 5.11 Å². The van der Waals surface area contributed by atoms with Gasteiger partial charge in [0.15, 0.2) is 0 Å². The number of thiophene rings is 1. The quantitative estimate of drug-likeness (QED) is 0.865. The van der Waals surface area contributed by atoms with Crippen molar-refractivity contribution in [2.45, 2.75) is 26.4 Å². The van der Waals surface area contributed by atoms with Crippen LogP contribution in [-0.2, 0) is 6.54 Å². The molecule has 1 aromatic carbocycles. The van der Waals surface area contributed by atoms with Gasteiger partial charge in [-0.05, 0) is 43.7 Å². The molecule has 1 unspecified atom stereocenters. The Morgan fingerprint density at radius 3 is 2.47 bits per heavy atom. The Balaban J connectivity index is 1.92. The molecule has 1 aromatic heterocycles. The summed E-state index contributed by atoms with van der Waals surface area (Å²) < 4.78 is 0. The van der Waals surface area contributed by atoms with E-state index in [1.165, 1.54) is 15.3 Å². The number of benzene rings is 1. The maximum absolute atomic E-state index is 9.20. The number of hydrogen-bond acceptors (Lipinski definition) is 3. The van der Waals surface area contributed by atoms with E-state index < -0.39 is 0 Å². The van der Waals surface area contributed by atoms with E-state index in [4.69, 9.17) is 0 Å². The third-order valence-electron chi connectivity index (χ3n) is 2.74. The van der Waals surface area contributed by atoms with Gasteiger partial charge in [-0.2, -0.15) is 0 Å². The van der Waals surface area contributed by atoms with E-state index in [1.807, 2.05) is 23.5 Å². The molecule has 0 aliphatic heterocycles. The zero-order chi connectivity index (χ0) is 12.3. The van der Waals surface area contributed by atoms with E-state index in [1.54, 1.807) is 12.1 Å². The first-order valence-corrected chi connectivity index (χ1v) is 6.54. The smallest absolute Gasteiger partial charge is 0.115 e. The van der Waals surface area contributed by atoms with E-state index >= 15 is 0 Å². The maximum atomic E-state index is 9.20. The van der Waals surface area contributed by atoms with Crippen molar-refractivity contribution in [1.82, 2.24) is 5.32 Å². The molecule has 0 saturated carbocycles. The predicted octanol–water partition coefficient (Wildman–Crippen LogP) is 3.61. The fraction of sp³-hybridized carbons (Fsp3) is 0.286. The van der Waals surface area contributed by atoms with Gasteiger partial charge in [0.2, 0.25) is 0 Å². The highest BCUT2D eigenvalue weighted by Crippen LogP contribution is 2.22. The number of aryl methyl sites for hydroxylation is 1. The minimum Gasteiger partial charge on any atom is -0.508 e. The first kappa shape index (κ1) is 12.1. The molecule has 0 fully saturated rings. The number of phenols is 1. The number of nitrogens with one attached hydrogen (secondary N) is 1. The molecule has 2 N–H and O–H groups in total. The maximum Gasteiger partial charge on any atom is 0.115 e. The van der Waals surface area contributed by atoms with Crippen molar-refractivity contribution >= 4 is 11.3 Å². The number of rotatable bonds is 4. The van der Waals surface area contributed by atoms with E-state index in [-0.39, 0.29) is 0 Å². The Morgan fingerprint density at radius 2 is 1.88 bits per heavy atom. The van der Waals surface area contributed by atoms with Gasteiger partial charge in [0.1, 0.15) is 5.75 Å². The van der Waals surface area contributed by atoms with Gasteiger partial charge in [-0.3, -0.25) is 0 Å². The van der Waals surface area contributed by atoms with Crippen molar-refractivity contribution in [3.05, 3.63) is 51.7 Å². The normalized spacial score (nSPS) is 12.6. The highest BCUT2D eigenvalue weighted by molar-refractivity contribution is 7.12. The Labute approximate surface area is 106 Å². The molecule has 0 radical (unpaired) electrons. The minimum atomic E-state index is 0.315. The van der Waals surface area contributed by atoms with Crippen LogP contribution in [-0.4, -0.2) is 5.11 Å². The third kappa shape index (κ3) is 3.32. The lowest BCUT2D eigenvalue weighted by atomic mass is 10.2. The Hall–Kier alpha value is -1.32. The number of aromatic hydroxyl groups is 1. The molecule has 0 amide bonds. The molecule has 1 heterocycles. The van der Waals surface area contributed by atoms with Crippen molar-refractivity contribution < 1.29 is 5.11 Å². The fourth-order valence-corrected chi connectivity index (χ4v) is 2.58. The summed E-state index contributed by atoms with van der Waals surface area (Å²) in [6.45, 7) is 5.12. The van der Waals surface area contributed by atoms with Crippen LogP contribution in [0.25, 0.3) is 0 Å². The second-order valence-electron chi connectivity index (χ2n) is 4.22. The van der Waals surface area contributed by atoms with Crippen LogP contribution in [0, 0.1) is 6.92 Å². The molecule has 90 valence electrons. The van der Waals surface area contributed by atoms with Gasteiger partial charge >= 0.3 is 0 Å². The monoisotopic (exact) mass is 247 g/mol. The van der Waals surface area contributed by atoms with Crippen molar-refractivity contribution in [2.75, 3.05) is 0 Å². The van der Waals surface area contributed by atoms with Crippen molar-refractivity contribution in [3.8, 4) is 5.75 Å². The summed E-state index contributed by atoms with van der Waals surface area (Å²) in [6.07, 6.45) is 0. The molecule has 0 aliphatic carbocycles. The van der Waals surface area contributed by atoms with Gasteiger partial charge < -0.3 is 10.4 Å². The predicted molar refractivity (Wildman–Crippen MR) is 72.4 cm³/mol. The highest BCUT2D eigenvalue weighted by Gasteiger charge is 2.06. The summed E-state index contributed by atoms with van der Waals surface area (Å²) in [5.41, 5.74) is 1.18. The summed E-state index contributed by atoms with van der Waals surface area (Å²) in [7, 11) is 0. The Bertz CT molecular complexity index is 475. The number of phenolic OH excluding ortho intramolecular Hbond substituents is 1. The van der Waals surface area contributed by atoms with Gasteiger partial charge in [0.25, 0.3) is 0 Å². The van der Waals surface area contributed by atoms with Crippen molar-refractivity contribution in [2.24, 2.45) is 0 Å². The molecule has 0 spiro atoms. The van der Waals surface area contributed by atoms with Crippen molar-refractivity contribution in [1.29, 1.82) is 0 Å². The van der Waals surface area contributed by atoms with Crippen LogP contribution in [0.3, 0.4) is 0 Å². The molecule has 1 atom stereocenters. The second kappa shape index (κ2) is 5.34. The van der Waals surface area contributed by atoms with E-state index in [2.05, 4.69) is 31.3 Å². The summed E-state index contributed by atoms with van der Waals surface area (Å²) in [5.74, 6) is 0.315. The molecular formula is C14H17NOS. The minimum absolute atomic E-state index is 0.315. The SMILES string of the molecule is Cc1ccc(C(C)NCc2ccc(O)cc2)s1. The molecule has 3 heteroatoms. The first-order valence-electron chi connectivity index (χ1n) is 5.73. The van der Waals surface area contributed by atoms with Gasteiger partial charge in [0.05, 0.1) is 0 Å². The fourth-order valence-electron chi connectivity index (χ4n) is 1.67. The van der Waals surface area contributed by atoms with Crippen LogP contribution in [0.4, 0.5) is 0 Å². The first-order chi connectivity index (χ1) is 8.15. The van der Waals surface area contributed by atoms with Crippen LogP contribution in [0.15, 0.2) is 36.4 Å². The lowest BCUT2D eigenvalue weighted by Crippen LogP contribution is -2.16. The largest absolute Gasteiger partial charge is 0.508 e. The van der Waals surface area contributed by atoms with Gasteiger partial charge in [-0.25, -0.2) is 0 Å². The molecule has 2 rings (SSSR count). The van der Waals surface area contributed by atoms with Crippen LogP contribution in [0.5, 0.6) is 5.75 Å². The summed E-state index contributed by atoms with van der Waals surface area (Å²) in [4.78, 5) is 2.71.